The van der Waals surface area contributed by atoms with Gasteiger partial charge in [-0.2, -0.15) is 0 Å². The first-order valence-electron chi connectivity index (χ1n) is 8.09. The van der Waals surface area contributed by atoms with Gasteiger partial charge in [0.05, 0.1) is 8.07 Å². The van der Waals surface area contributed by atoms with Gasteiger partial charge in [-0.05, 0) is 33.7 Å². The van der Waals surface area contributed by atoms with Crippen LogP contribution in [0.5, 0.6) is 0 Å². The maximum absolute atomic E-state index is 2.58. The van der Waals surface area contributed by atoms with Crippen LogP contribution in [0.15, 0.2) is 42.5 Å². The average Bonchev–Trinajstić information content (AvgIpc) is 2.83. The highest BCUT2D eigenvalue weighted by atomic mass is 28.3. The normalized spacial score (nSPS) is 16.2. The lowest BCUT2D eigenvalue weighted by molar-refractivity contribution is 0.721. The highest BCUT2D eigenvalue weighted by Crippen LogP contribution is 2.42. The molecule has 0 heterocycles. The molecule has 0 fully saturated rings. The minimum Gasteiger partial charge on any atom is -0.0675 e. The molecule has 1 aliphatic carbocycles. The molecule has 0 aromatic heterocycles. The molecule has 0 spiro atoms. The zero-order valence-electron chi connectivity index (χ0n) is 14.0. The molecule has 2 aromatic rings. The third kappa shape index (κ3) is 2.10. The summed E-state index contributed by atoms with van der Waals surface area (Å²) < 4.78 is 0. The van der Waals surface area contributed by atoms with E-state index in [4.69, 9.17) is 0 Å². The van der Waals surface area contributed by atoms with Crippen LogP contribution in [0.4, 0.5) is 0 Å². The van der Waals surface area contributed by atoms with Gasteiger partial charge >= 0.3 is 0 Å². The minimum absolute atomic E-state index is 0.394. The first kappa shape index (κ1) is 14.6. The molecule has 0 radical (unpaired) electrons. The molecule has 1 heteroatoms. The van der Waals surface area contributed by atoms with Gasteiger partial charge in [0.2, 0.25) is 0 Å². The van der Waals surface area contributed by atoms with Crippen LogP contribution >= 0.6 is 0 Å². The van der Waals surface area contributed by atoms with E-state index >= 15 is 0 Å². The van der Waals surface area contributed by atoms with Crippen molar-refractivity contribution >= 4 is 13.3 Å². The summed E-state index contributed by atoms with van der Waals surface area (Å²) in [4.78, 5) is 0. The molecule has 0 aliphatic heterocycles. The predicted molar refractivity (Wildman–Crippen MR) is 96.1 cm³/mol. The Bertz CT molecular complexity index is 678. The van der Waals surface area contributed by atoms with Gasteiger partial charge in [0.1, 0.15) is 0 Å². The van der Waals surface area contributed by atoms with Crippen molar-refractivity contribution in [1.82, 2.24) is 0 Å². The Morgan fingerprint density at radius 2 is 1.62 bits per heavy atom. The molecule has 0 nitrogen and oxygen atoms in total. The summed E-state index contributed by atoms with van der Waals surface area (Å²) in [5, 5.41) is 2.08. The third-order valence-electron chi connectivity index (χ3n) is 5.81. The molecule has 110 valence electrons. The van der Waals surface area contributed by atoms with Crippen LogP contribution in [0.1, 0.15) is 38.8 Å². The van der Waals surface area contributed by atoms with Crippen molar-refractivity contribution in [3.63, 3.8) is 0 Å². The van der Waals surface area contributed by atoms with E-state index in [0.29, 0.717) is 5.04 Å². The van der Waals surface area contributed by atoms with Crippen LogP contribution in [-0.2, 0) is 6.42 Å². The van der Waals surface area contributed by atoms with Gasteiger partial charge in [0, 0.05) is 0 Å². The molecule has 21 heavy (non-hydrogen) atoms. The Morgan fingerprint density at radius 1 is 0.952 bits per heavy atom. The van der Waals surface area contributed by atoms with Crippen molar-refractivity contribution in [2.75, 3.05) is 0 Å². The summed E-state index contributed by atoms with van der Waals surface area (Å²) in [6.07, 6.45) is 1.13. The van der Waals surface area contributed by atoms with Crippen LogP contribution < -0.4 is 5.19 Å². The third-order valence-corrected chi connectivity index (χ3v) is 12.2. The van der Waals surface area contributed by atoms with Crippen molar-refractivity contribution in [2.45, 2.75) is 51.7 Å². The number of hydrogen-bond acceptors (Lipinski definition) is 0. The number of benzene rings is 2. The Labute approximate surface area is 130 Å². The van der Waals surface area contributed by atoms with Crippen molar-refractivity contribution in [3.05, 3.63) is 53.6 Å². The average molecular weight is 295 g/mol. The molecule has 1 unspecified atom stereocenters. The fraction of sp³-hybridized carbons (Fsp3) is 0.400. The molecule has 0 saturated heterocycles. The maximum atomic E-state index is 2.58. The zero-order chi connectivity index (χ0) is 15.3. The number of hydrogen-bond donors (Lipinski definition) is 0. The van der Waals surface area contributed by atoms with Crippen molar-refractivity contribution in [3.8, 4) is 11.1 Å². The standard InChI is InChI=1S/C20H26Si/c1-6-21(5,20(2,3)4)19-13-9-12-17-16-11-8-7-10-15(16)14-18(17)19/h7-13H,6,14H2,1-5H3. The Kier molecular flexibility index (Phi) is 3.36. The van der Waals surface area contributed by atoms with Gasteiger partial charge in [-0.3, -0.25) is 0 Å². The van der Waals surface area contributed by atoms with E-state index in [0.717, 1.165) is 6.42 Å². The summed E-state index contributed by atoms with van der Waals surface area (Å²) in [6.45, 7) is 12.3. The van der Waals surface area contributed by atoms with E-state index in [1.54, 1.807) is 10.8 Å². The van der Waals surface area contributed by atoms with E-state index in [-0.39, 0.29) is 0 Å². The van der Waals surface area contributed by atoms with Crippen LogP contribution in [0, 0.1) is 0 Å². The molecule has 1 atom stereocenters. The fourth-order valence-corrected chi connectivity index (χ4v) is 7.40. The second kappa shape index (κ2) is 4.84. The Hall–Kier alpha value is -1.34. The van der Waals surface area contributed by atoms with Gasteiger partial charge in [-0.15, -0.1) is 0 Å². The summed E-state index contributed by atoms with van der Waals surface area (Å²) in [7, 11) is -1.50. The fourth-order valence-electron chi connectivity index (χ4n) is 3.80. The summed E-state index contributed by atoms with van der Waals surface area (Å²) in [6, 6.07) is 17.2. The lowest BCUT2D eigenvalue weighted by Crippen LogP contribution is -2.53. The lowest BCUT2D eigenvalue weighted by atomic mass is 10.1. The van der Waals surface area contributed by atoms with Gasteiger partial charge in [0.15, 0.2) is 0 Å². The van der Waals surface area contributed by atoms with E-state index in [1.807, 2.05) is 0 Å². The van der Waals surface area contributed by atoms with Gasteiger partial charge in [0.25, 0.3) is 0 Å². The molecular weight excluding hydrogens is 268 g/mol. The monoisotopic (exact) mass is 294 g/mol. The van der Waals surface area contributed by atoms with Crippen molar-refractivity contribution in [1.29, 1.82) is 0 Å². The molecular formula is C20H26Si. The molecule has 2 aromatic carbocycles. The summed E-state index contributed by atoms with van der Waals surface area (Å²) >= 11 is 0. The first-order chi connectivity index (χ1) is 9.88. The first-order valence-corrected chi connectivity index (χ1v) is 10.8. The highest BCUT2D eigenvalue weighted by molar-refractivity contribution is 6.93. The minimum atomic E-state index is -1.50. The summed E-state index contributed by atoms with van der Waals surface area (Å²) in [5.41, 5.74) is 6.06. The van der Waals surface area contributed by atoms with Crippen LogP contribution in [0.2, 0.25) is 17.6 Å². The van der Waals surface area contributed by atoms with E-state index in [9.17, 15) is 0 Å². The molecule has 0 N–H and O–H groups in total. The smallest absolute Gasteiger partial charge is 0.0675 e. The molecule has 0 bridgehead atoms. The van der Waals surface area contributed by atoms with Gasteiger partial charge < -0.3 is 0 Å². The van der Waals surface area contributed by atoms with Crippen LogP contribution in [-0.4, -0.2) is 8.07 Å². The van der Waals surface area contributed by atoms with Crippen molar-refractivity contribution in [2.24, 2.45) is 0 Å². The second-order valence-electron chi connectivity index (χ2n) is 7.60. The Balaban J connectivity index is 2.21. The molecule has 0 saturated carbocycles. The molecule has 1 aliphatic rings. The van der Waals surface area contributed by atoms with E-state index in [2.05, 4.69) is 76.7 Å². The molecule has 3 rings (SSSR count). The SMILES string of the molecule is CC[Si](C)(c1cccc2c1Cc1ccccc1-2)C(C)(C)C. The van der Waals surface area contributed by atoms with Crippen LogP contribution in [0.3, 0.4) is 0 Å². The van der Waals surface area contributed by atoms with Crippen LogP contribution in [0.25, 0.3) is 11.1 Å². The van der Waals surface area contributed by atoms with Gasteiger partial charge in [-0.1, -0.05) is 87.9 Å². The highest BCUT2D eigenvalue weighted by Gasteiger charge is 2.42. The second-order valence-corrected chi connectivity index (χ2v) is 13.0. The van der Waals surface area contributed by atoms with Gasteiger partial charge in [-0.25, -0.2) is 0 Å². The Morgan fingerprint density at radius 3 is 2.29 bits per heavy atom. The summed E-state index contributed by atoms with van der Waals surface area (Å²) in [5.74, 6) is 0. The quantitative estimate of drug-likeness (QED) is 0.558. The predicted octanol–water partition coefficient (Wildman–Crippen LogP) is 5.36. The number of rotatable bonds is 2. The largest absolute Gasteiger partial charge is 0.0890 e. The zero-order valence-corrected chi connectivity index (χ0v) is 15.0. The van der Waals surface area contributed by atoms with Crippen molar-refractivity contribution < 1.29 is 0 Å². The van der Waals surface area contributed by atoms with E-state index < -0.39 is 8.07 Å². The maximum Gasteiger partial charge on any atom is 0.0890 e. The lowest BCUT2D eigenvalue weighted by Gasteiger charge is -2.41. The molecule has 0 amide bonds. The topological polar surface area (TPSA) is 0 Å². The van der Waals surface area contributed by atoms with E-state index in [1.165, 1.54) is 22.7 Å². The number of fused-ring (bicyclic) bond motifs is 3.